The van der Waals surface area contributed by atoms with Gasteiger partial charge in [-0.3, -0.25) is 4.79 Å². The van der Waals surface area contributed by atoms with Gasteiger partial charge in [-0.25, -0.2) is 9.79 Å². The maximum atomic E-state index is 11.8. The van der Waals surface area contributed by atoms with Crippen LogP contribution in [0, 0.1) is 0 Å². The normalized spacial score (nSPS) is 11.6. The number of carbonyl (C=O) groups excluding carboxylic acids is 2. The molecule has 0 aliphatic rings. The van der Waals surface area contributed by atoms with E-state index in [4.69, 9.17) is 4.74 Å². The van der Waals surface area contributed by atoms with Crippen molar-refractivity contribution in [2.45, 2.75) is 31.3 Å². The second-order valence-corrected chi connectivity index (χ2v) is 8.57. The average molecular weight is 424 g/mol. The molecule has 1 aromatic rings. The molecule has 0 fully saturated rings. The number of likely N-dealkylation sites (N-methyl/N-ethyl adjacent to an activating group) is 1. The van der Waals surface area contributed by atoms with Crippen molar-refractivity contribution in [1.82, 2.24) is 20.9 Å². The fraction of sp³-hybridized carbons (Fsp3) is 0.550. The minimum Gasteiger partial charge on any atom is -0.444 e. The standard InChI is InChI=1S/C20H33N5O3S/c1-20(2,3)28-19(27)23-12-11-21-18(24-15-17(26)25(4)5)22-13-14-29-16-9-7-6-8-10-16/h6-10H,11-15H2,1-5H3,(H,23,27)(H2,21,22,24). The molecule has 0 atom stereocenters. The summed E-state index contributed by atoms with van der Waals surface area (Å²) in [5.74, 6) is 1.29. The highest BCUT2D eigenvalue weighted by molar-refractivity contribution is 7.99. The van der Waals surface area contributed by atoms with Crippen LogP contribution < -0.4 is 16.0 Å². The molecule has 9 heteroatoms. The molecule has 0 aliphatic heterocycles. The van der Waals surface area contributed by atoms with Crippen LogP contribution in [0.4, 0.5) is 4.79 Å². The van der Waals surface area contributed by atoms with E-state index < -0.39 is 11.7 Å². The van der Waals surface area contributed by atoms with Crippen molar-refractivity contribution in [3.63, 3.8) is 0 Å². The first kappa shape index (κ1) is 24.6. The number of hydrogen-bond acceptors (Lipinski definition) is 5. The van der Waals surface area contributed by atoms with Gasteiger partial charge < -0.3 is 25.6 Å². The summed E-state index contributed by atoms with van der Waals surface area (Å²) in [5, 5.41) is 9.01. The molecule has 0 unspecified atom stereocenters. The lowest BCUT2D eigenvalue weighted by Gasteiger charge is -2.20. The molecule has 0 heterocycles. The first-order valence-corrected chi connectivity index (χ1v) is 10.5. The Morgan fingerprint density at radius 1 is 1.03 bits per heavy atom. The number of hydrogen-bond donors (Lipinski definition) is 3. The van der Waals surface area contributed by atoms with Gasteiger partial charge in [0.2, 0.25) is 5.91 Å². The number of carbonyl (C=O) groups is 2. The topological polar surface area (TPSA) is 95.1 Å². The van der Waals surface area contributed by atoms with E-state index in [0.717, 1.165) is 5.75 Å². The number of nitrogens with zero attached hydrogens (tertiary/aromatic N) is 2. The van der Waals surface area contributed by atoms with E-state index in [-0.39, 0.29) is 12.5 Å². The van der Waals surface area contributed by atoms with E-state index in [1.807, 2.05) is 39.0 Å². The lowest BCUT2D eigenvalue weighted by molar-refractivity contribution is -0.127. The lowest BCUT2D eigenvalue weighted by Crippen LogP contribution is -2.43. The zero-order chi connectivity index (χ0) is 21.7. The van der Waals surface area contributed by atoms with Crippen molar-refractivity contribution >= 4 is 29.7 Å². The molecular weight excluding hydrogens is 390 g/mol. The van der Waals surface area contributed by atoms with Gasteiger partial charge in [0.25, 0.3) is 0 Å². The fourth-order valence-corrected chi connectivity index (χ4v) is 2.77. The lowest BCUT2D eigenvalue weighted by atomic mass is 10.2. The zero-order valence-electron chi connectivity index (χ0n) is 17.9. The van der Waals surface area contributed by atoms with Crippen molar-refractivity contribution in [3.8, 4) is 0 Å². The van der Waals surface area contributed by atoms with Gasteiger partial charge in [0.15, 0.2) is 5.96 Å². The predicted octanol–water partition coefficient (Wildman–Crippen LogP) is 1.93. The summed E-state index contributed by atoms with van der Waals surface area (Å²) in [6.45, 7) is 7.00. The van der Waals surface area contributed by atoms with Crippen molar-refractivity contribution in [3.05, 3.63) is 30.3 Å². The number of benzene rings is 1. The molecule has 0 spiro atoms. The molecule has 2 amide bonds. The highest BCUT2D eigenvalue weighted by Crippen LogP contribution is 2.15. The van der Waals surface area contributed by atoms with Gasteiger partial charge in [-0.1, -0.05) is 18.2 Å². The van der Waals surface area contributed by atoms with Crippen LogP contribution in [-0.4, -0.2) is 74.5 Å². The van der Waals surface area contributed by atoms with Crippen LogP contribution in [0.1, 0.15) is 20.8 Å². The first-order chi connectivity index (χ1) is 13.7. The highest BCUT2D eigenvalue weighted by atomic mass is 32.2. The van der Waals surface area contributed by atoms with Crippen LogP contribution >= 0.6 is 11.8 Å². The minimum atomic E-state index is -0.533. The quantitative estimate of drug-likeness (QED) is 0.243. The van der Waals surface area contributed by atoms with Gasteiger partial charge in [-0.2, -0.15) is 0 Å². The van der Waals surface area contributed by atoms with Gasteiger partial charge >= 0.3 is 6.09 Å². The van der Waals surface area contributed by atoms with Crippen molar-refractivity contribution in [2.24, 2.45) is 4.99 Å². The number of ether oxygens (including phenoxy) is 1. The number of nitrogens with one attached hydrogen (secondary N) is 3. The number of aliphatic imine (C=N–C) groups is 1. The minimum absolute atomic E-state index is 0.0493. The van der Waals surface area contributed by atoms with Crippen LogP contribution in [0.5, 0.6) is 0 Å². The van der Waals surface area contributed by atoms with Gasteiger partial charge in [0, 0.05) is 44.4 Å². The summed E-state index contributed by atoms with van der Waals surface area (Å²) in [6.07, 6.45) is -0.465. The van der Waals surface area contributed by atoms with Crippen LogP contribution in [0.25, 0.3) is 0 Å². The Morgan fingerprint density at radius 3 is 2.28 bits per heavy atom. The largest absolute Gasteiger partial charge is 0.444 e. The summed E-state index contributed by atoms with van der Waals surface area (Å²) >= 11 is 1.74. The number of amides is 2. The average Bonchev–Trinajstić information content (AvgIpc) is 2.64. The third-order valence-electron chi connectivity index (χ3n) is 3.36. The maximum absolute atomic E-state index is 11.8. The Labute approximate surface area is 177 Å². The second-order valence-electron chi connectivity index (χ2n) is 7.40. The molecule has 0 radical (unpaired) electrons. The molecule has 29 heavy (non-hydrogen) atoms. The van der Waals surface area contributed by atoms with E-state index in [2.05, 4.69) is 33.1 Å². The molecule has 0 saturated carbocycles. The Kier molecular flexibility index (Phi) is 11.0. The Hall–Kier alpha value is -2.42. The number of rotatable bonds is 9. The first-order valence-electron chi connectivity index (χ1n) is 9.54. The summed E-state index contributed by atoms with van der Waals surface area (Å²) in [7, 11) is 3.39. The Morgan fingerprint density at radius 2 is 1.66 bits per heavy atom. The third kappa shape index (κ3) is 12.6. The Bertz CT molecular complexity index is 660. The predicted molar refractivity (Wildman–Crippen MR) is 118 cm³/mol. The molecule has 162 valence electrons. The molecule has 0 saturated heterocycles. The summed E-state index contributed by atoms with van der Waals surface area (Å²) < 4.78 is 5.19. The second kappa shape index (κ2) is 12.9. The SMILES string of the molecule is CN(C)C(=O)CN=C(NCCNC(=O)OC(C)(C)C)NCCSc1ccccc1. The molecule has 1 aromatic carbocycles. The van der Waals surface area contributed by atoms with Crippen molar-refractivity contribution < 1.29 is 14.3 Å². The monoisotopic (exact) mass is 423 g/mol. The summed E-state index contributed by atoms with van der Waals surface area (Å²) in [4.78, 5) is 30.5. The third-order valence-corrected chi connectivity index (χ3v) is 4.38. The number of thioether (sulfide) groups is 1. The van der Waals surface area contributed by atoms with Gasteiger partial charge in [-0.15, -0.1) is 11.8 Å². The highest BCUT2D eigenvalue weighted by Gasteiger charge is 2.15. The smallest absolute Gasteiger partial charge is 0.407 e. The van der Waals surface area contributed by atoms with Crippen LogP contribution in [0.15, 0.2) is 40.2 Å². The maximum Gasteiger partial charge on any atom is 0.407 e. The van der Waals surface area contributed by atoms with E-state index in [1.54, 1.807) is 25.9 Å². The van der Waals surface area contributed by atoms with E-state index in [9.17, 15) is 9.59 Å². The van der Waals surface area contributed by atoms with E-state index >= 15 is 0 Å². The van der Waals surface area contributed by atoms with Gasteiger partial charge in [-0.05, 0) is 32.9 Å². The van der Waals surface area contributed by atoms with Gasteiger partial charge in [0.1, 0.15) is 12.1 Å². The molecule has 3 N–H and O–H groups in total. The van der Waals surface area contributed by atoms with Crippen LogP contribution in [-0.2, 0) is 9.53 Å². The molecule has 1 rings (SSSR count). The summed E-state index contributed by atoms with van der Waals surface area (Å²) in [5.41, 5.74) is -0.533. The van der Waals surface area contributed by atoms with Crippen LogP contribution in [0.2, 0.25) is 0 Å². The molecule has 0 bridgehead atoms. The zero-order valence-corrected chi connectivity index (χ0v) is 18.8. The Balaban J connectivity index is 2.43. The molecular formula is C20H33N5O3S. The van der Waals surface area contributed by atoms with Gasteiger partial charge in [0.05, 0.1) is 0 Å². The van der Waals surface area contributed by atoms with E-state index in [0.29, 0.717) is 25.6 Å². The summed E-state index contributed by atoms with van der Waals surface area (Å²) in [6, 6.07) is 10.1. The van der Waals surface area contributed by atoms with Crippen LogP contribution in [0.3, 0.4) is 0 Å². The van der Waals surface area contributed by atoms with Crippen molar-refractivity contribution in [1.29, 1.82) is 0 Å². The van der Waals surface area contributed by atoms with Crippen molar-refractivity contribution in [2.75, 3.05) is 46.0 Å². The number of alkyl carbamates (subject to hydrolysis) is 1. The fourth-order valence-electron chi connectivity index (χ4n) is 1.98. The molecule has 0 aliphatic carbocycles. The molecule has 8 nitrogen and oxygen atoms in total. The number of guanidine groups is 1. The molecule has 0 aromatic heterocycles. The van der Waals surface area contributed by atoms with E-state index in [1.165, 1.54) is 9.80 Å².